The molecule has 2 aromatic rings. The Morgan fingerprint density at radius 3 is 2.65 bits per heavy atom. The van der Waals surface area contributed by atoms with Gasteiger partial charge in [0.05, 0.1) is 0 Å². The second-order valence-corrected chi connectivity index (χ2v) is 5.53. The molecule has 0 bridgehead atoms. The zero-order valence-electron chi connectivity index (χ0n) is 11.8. The van der Waals surface area contributed by atoms with E-state index >= 15 is 0 Å². The summed E-state index contributed by atoms with van der Waals surface area (Å²) >= 11 is 1.58. The zero-order valence-corrected chi connectivity index (χ0v) is 12.6. The van der Waals surface area contributed by atoms with Gasteiger partial charge in [0, 0.05) is 18.1 Å². The van der Waals surface area contributed by atoms with E-state index in [9.17, 15) is 0 Å². The highest BCUT2D eigenvalue weighted by Crippen LogP contribution is 2.28. The van der Waals surface area contributed by atoms with Gasteiger partial charge in [-0.15, -0.1) is 0 Å². The number of rotatable bonds is 5. The van der Waals surface area contributed by atoms with E-state index in [1.54, 1.807) is 18.9 Å². The van der Waals surface area contributed by atoms with E-state index in [0.717, 1.165) is 9.92 Å². The first kappa shape index (κ1) is 14.8. The summed E-state index contributed by atoms with van der Waals surface area (Å²) in [6.45, 7) is 4.56. The molecule has 0 aliphatic carbocycles. The molecule has 0 atom stereocenters. The number of hydrazine groups is 1. The van der Waals surface area contributed by atoms with Crippen LogP contribution in [0, 0.1) is 13.8 Å². The van der Waals surface area contributed by atoms with E-state index in [1.807, 2.05) is 6.07 Å². The summed E-state index contributed by atoms with van der Waals surface area (Å²) in [5.74, 6) is 6.62. The first-order valence-electron chi connectivity index (χ1n) is 6.21. The van der Waals surface area contributed by atoms with Crippen molar-refractivity contribution in [3.05, 3.63) is 41.2 Å². The van der Waals surface area contributed by atoms with Crippen molar-refractivity contribution in [1.29, 1.82) is 0 Å². The predicted molar refractivity (Wildman–Crippen MR) is 80.6 cm³/mol. The molecule has 0 spiro atoms. The van der Waals surface area contributed by atoms with Crippen LogP contribution in [0.3, 0.4) is 0 Å². The Hall–Kier alpha value is -1.63. The van der Waals surface area contributed by atoms with Crippen LogP contribution >= 0.6 is 11.8 Å². The summed E-state index contributed by atoms with van der Waals surface area (Å²) in [5.41, 5.74) is 5.09. The lowest BCUT2D eigenvalue weighted by molar-refractivity contribution is 0.177. The number of hydrogen-bond donors (Lipinski definition) is 2. The molecule has 5 nitrogen and oxygen atoms in total. The molecule has 0 radical (unpaired) electrons. The maximum atomic E-state index is 5.43. The molecule has 0 fully saturated rings. The summed E-state index contributed by atoms with van der Waals surface area (Å²) in [5, 5.41) is 0.836. The molecular weight excluding hydrogens is 272 g/mol. The first-order chi connectivity index (χ1) is 9.62. The normalized spacial score (nSPS) is 10.6. The first-order valence-corrected chi connectivity index (χ1v) is 7.02. The summed E-state index contributed by atoms with van der Waals surface area (Å²) in [6, 6.07) is 8.16. The monoisotopic (exact) mass is 290 g/mol. The van der Waals surface area contributed by atoms with Gasteiger partial charge in [-0.05, 0) is 37.1 Å². The van der Waals surface area contributed by atoms with Crippen LogP contribution < -0.4 is 11.3 Å². The lowest BCUT2D eigenvalue weighted by Gasteiger charge is -2.08. The van der Waals surface area contributed by atoms with Crippen molar-refractivity contribution >= 4 is 17.6 Å². The number of nitrogens with zero attached hydrogens (tertiary/aromatic N) is 2. The molecule has 0 aliphatic rings. The van der Waals surface area contributed by atoms with Crippen LogP contribution in [0.25, 0.3) is 0 Å². The molecule has 20 heavy (non-hydrogen) atoms. The van der Waals surface area contributed by atoms with Crippen LogP contribution in [0.15, 0.2) is 34.2 Å². The minimum absolute atomic E-state index is 0.357. The molecule has 0 saturated heterocycles. The second-order valence-electron chi connectivity index (χ2n) is 4.43. The molecule has 1 aromatic carbocycles. The van der Waals surface area contributed by atoms with Gasteiger partial charge < -0.3 is 10.2 Å². The Morgan fingerprint density at radius 1 is 1.20 bits per heavy atom. The van der Waals surface area contributed by atoms with Gasteiger partial charge in [0.1, 0.15) is 17.5 Å². The second kappa shape index (κ2) is 6.69. The number of benzene rings is 1. The average Bonchev–Trinajstić information content (AvgIpc) is 2.43. The van der Waals surface area contributed by atoms with E-state index in [2.05, 4.69) is 47.4 Å². The van der Waals surface area contributed by atoms with Crippen molar-refractivity contribution in [3.63, 3.8) is 0 Å². The van der Waals surface area contributed by atoms with Crippen LogP contribution in [0.1, 0.15) is 17.0 Å². The maximum Gasteiger partial charge on any atom is 0.157 e. The van der Waals surface area contributed by atoms with Gasteiger partial charge in [0.15, 0.2) is 5.82 Å². The third-order valence-corrected chi connectivity index (χ3v) is 3.78. The van der Waals surface area contributed by atoms with E-state index in [1.165, 1.54) is 11.1 Å². The van der Waals surface area contributed by atoms with Crippen molar-refractivity contribution in [2.75, 3.05) is 12.5 Å². The van der Waals surface area contributed by atoms with Gasteiger partial charge in [-0.3, -0.25) is 0 Å². The molecule has 106 valence electrons. The SMILES string of the molecule is COCc1nc(NN)cc(Sc2ccc(C)c(C)c2)n1. The third kappa shape index (κ3) is 3.69. The highest BCUT2D eigenvalue weighted by atomic mass is 32.2. The van der Waals surface area contributed by atoms with Gasteiger partial charge in [0.25, 0.3) is 0 Å². The van der Waals surface area contributed by atoms with Gasteiger partial charge >= 0.3 is 0 Å². The lowest BCUT2D eigenvalue weighted by Crippen LogP contribution is -2.11. The standard InChI is InChI=1S/C14H18N4OS/c1-9-4-5-11(6-10(9)2)20-14-7-12(18-15)16-13(17-14)8-19-3/h4-7H,8,15H2,1-3H3,(H,16,17,18). The van der Waals surface area contributed by atoms with Gasteiger partial charge in [0.2, 0.25) is 0 Å². The number of nitrogens with two attached hydrogens (primary N) is 1. The molecule has 1 aromatic heterocycles. The van der Waals surface area contributed by atoms with E-state index in [0.29, 0.717) is 18.2 Å². The topological polar surface area (TPSA) is 73.1 Å². The Labute approximate surface area is 122 Å². The van der Waals surface area contributed by atoms with Crippen LogP contribution in [0.5, 0.6) is 0 Å². The Morgan fingerprint density at radius 2 is 2.00 bits per heavy atom. The molecule has 3 N–H and O–H groups in total. The Bertz CT molecular complexity index is 604. The summed E-state index contributed by atoms with van der Waals surface area (Å²) in [7, 11) is 1.61. The van der Waals surface area contributed by atoms with Gasteiger partial charge in [-0.25, -0.2) is 15.8 Å². The fourth-order valence-corrected chi connectivity index (χ4v) is 2.63. The van der Waals surface area contributed by atoms with Crippen LogP contribution in [-0.2, 0) is 11.3 Å². The number of anilines is 1. The summed E-state index contributed by atoms with van der Waals surface area (Å²) in [4.78, 5) is 9.82. The highest BCUT2D eigenvalue weighted by molar-refractivity contribution is 7.99. The molecule has 1 heterocycles. The third-order valence-electron chi connectivity index (χ3n) is 2.87. The molecule has 2 rings (SSSR count). The highest BCUT2D eigenvalue weighted by Gasteiger charge is 2.06. The molecule has 0 unspecified atom stereocenters. The summed E-state index contributed by atoms with van der Waals surface area (Å²) in [6.07, 6.45) is 0. The molecule has 0 saturated carbocycles. The number of aryl methyl sites for hydroxylation is 2. The minimum Gasteiger partial charge on any atom is -0.377 e. The van der Waals surface area contributed by atoms with Crippen molar-refractivity contribution in [1.82, 2.24) is 9.97 Å². The number of ether oxygens (including phenoxy) is 1. The fourth-order valence-electron chi connectivity index (χ4n) is 1.69. The van der Waals surface area contributed by atoms with E-state index in [-0.39, 0.29) is 0 Å². The van der Waals surface area contributed by atoms with Crippen LogP contribution in [0.2, 0.25) is 0 Å². The van der Waals surface area contributed by atoms with Crippen LogP contribution in [-0.4, -0.2) is 17.1 Å². The number of hydrogen-bond acceptors (Lipinski definition) is 6. The maximum absolute atomic E-state index is 5.43. The number of nitrogen functional groups attached to an aromatic ring is 1. The van der Waals surface area contributed by atoms with E-state index in [4.69, 9.17) is 10.6 Å². The van der Waals surface area contributed by atoms with Gasteiger partial charge in [-0.1, -0.05) is 17.8 Å². The lowest BCUT2D eigenvalue weighted by atomic mass is 10.1. The minimum atomic E-state index is 0.357. The van der Waals surface area contributed by atoms with Gasteiger partial charge in [-0.2, -0.15) is 0 Å². The quantitative estimate of drug-likeness (QED) is 0.501. The van der Waals surface area contributed by atoms with Crippen molar-refractivity contribution in [2.45, 2.75) is 30.4 Å². The molecular formula is C14H18N4OS. The Balaban J connectivity index is 2.27. The average molecular weight is 290 g/mol. The smallest absolute Gasteiger partial charge is 0.157 e. The number of methoxy groups -OCH3 is 1. The Kier molecular flexibility index (Phi) is 4.94. The predicted octanol–water partition coefficient (Wildman–Crippen LogP) is 2.68. The summed E-state index contributed by atoms with van der Waals surface area (Å²) < 4.78 is 5.06. The fraction of sp³-hybridized carbons (Fsp3) is 0.286. The number of aromatic nitrogens is 2. The van der Waals surface area contributed by atoms with Crippen molar-refractivity contribution in [3.8, 4) is 0 Å². The van der Waals surface area contributed by atoms with Crippen LogP contribution in [0.4, 0.5) is 5.82 Å². The molecule has 6 heteroatoms. The molecule has 0 amide bonds. The number of nitrogens with one attached hydrogen (secondary N) is 1. The van der Waals surface area contributed by atoms with Crippen molar-refractivity contribution in [2.24, 2.45) is 5.84 Å². The largest absolute Gasteiger partial charge is 0.377 e. The van der Waals surface area contributed by atoms with Crippen molar-refractivity contribution < 1.29 is 4.74 Å². The van der Waals surface area contributed by atoms with E-state index < -0.39 is 0 Å². The molecule has 0 aliphatic heterocycles. The zero-order chi connectivity index (χ0) is 14.5.